The van der Waals surface area contributed by atoms with Gasteiger partial charge in [0.2, 0.25) is 5.91 Å². The van der Waals surface area contributed by atoms with Crippen LogP contribution < -0.4 is 10.6 Å². The SMILES string of the molecule is O=C1Nc2cc(F)c(Cl)cc2NC1Cc1ccccc1. The van der Waals surface area contributed by atoms with Crippen molar-refractivity contribution in [1.82, 2.24) is 0 Å². The van der Waals surface area contributed by atoms with Crippen LogP contribution in [-0.2, 0) is 11.2 Å². The summed E-state index contributed by atoms with van der Waals surface area (Å²) in [5.74, 6) is -0.725. The van der Waals surface area contributed by atoms with E-state index in [1.807, 2.05) is 30.3 Å². The average Bonchev–Trinajstić information content (AvgIpc) is 2.43. The molecule has 0 fully saturated rings. The number of hydrogen-bond acceptors (Lipinski definition) is 2. The quantitative estimate of drug-likeness (QED) is 0.889. The summed E-state index contributed by atoms with van der Waals surface area (Å²) in [4.78, 5) is 12.0. The fraction of sp³-hybridized carbons (Fsp3) is 0.133. The number of carbonyl (C=O) groups is 1. The van der Waals surface area contributed by atoms with Crippen LogP contribution in [0.5, 0.6) is 0 Å². The van der Waals surface area contributed by atoms with Crippen LogP contribution in [0.3, 0.4) is 0 Å². The molecule has 0 aromatic heterocycles. The summed E-state index contributed by atoms with van der Waals surface area (Å²) in [5, 5.41) is 5.83. The van der Waals surface area contributed by atoms with Gasteiger partial charge in [-0.15, -0.1) is 0 Å². The zero-order valence-electron chi connectivity index (χ0n) is 10.5. The molecule has 0 radical (unpaired) electrons. The van der Waals surface area contributed by atoms with Gasteiger partial charge in [-0.2, -0.15) is 0 Å². The number of benzene rings is 2. The van der Waals surface area contributed by atoms with E-state index in [0.717, 1.165) is 5.56 Å². The van der Waals surface area contributed by atoms with Gasteiger partial charge in [-0.1, -0.05) is 41.9 Å². The monoisotopic (exact) mass is 290 g/mol. The Balaban J connectivity index is 1.85. The van der Waals surface area contributed by atoms with Crippen LogP contribution >= 0.6 is 11.6 Å². The lowest BCUT2D eigenvalue weighted by Gasteiger charge is -2.27. The number of hydrogen-bond donors (Lipinski definition) is 2. The van der Waals surface area contributed by atoms with Crippen molar-refractivity contribution in [2.45, 2.75) is 12.5 Å². The minimum absolute atomic E-state index is 0.0332. The molecule has 1 atom stereocenters. The Labute approximate surface area is 120 Å². The van der Waals surface area contributed by atoms with E-state index >= 15 is 0 Å². The standard InChI is InChI=1S/C15H12ClFN2O/c16-10-7-12-13(8-11(10)17)19-15(20)14(18-12)6-9-4-2-1-3-5-9/h1-5,7-8,14,18H,6H2,(H,19,20). The molecule has 2 aromatic rings. The molecule has 0 spiro atoms. The molecule has 3 rings (SSSR count). The smallest absolute Gasteiger partial charge is 0.247 e. The largest absolute Gasteiger partial charge is 0.372 e. The summed E-state index contributed by atoms with van der Waals surface area (Å²) in [7, 11) is 0. The van der Waals surface area contributed by atoms with E-state index in [9.17, 15) is 9.18 Å². The third-order valence-corrected chi connectivity index (χ3v) is 3.54. The molecule has 0 bridgehead atoms. The maximum absolute atomic E-state index is 13.4. The van der Waals surface area contributed by atoms with E-state index in [1.165, 1.54) is 12.1 Å². The van der Waals surface area contributed by atoms with Crippen LogP contribution in [0.15, 0.2) is 42.5 Å². The molecule has 3 nitrogen and oxygen atoms in total. The minimum Gasteiger partial charge on any atom is -0.372 e. The fourth-order valence-corrected chi connectivity index (χ4v) is 2.40. The first-order valence-electron chi connectivity index (χ1n) is 6.24. The summed E-state index contributed by atoms with van der Waals surface area (Å²) >= 11 is 5.76. The molecule has 2 aromatic carbocycles. The summed E-state index contributed by atoms with van der Waals surface area (Å²) in [6.45, 7) is 0. The average molecular weight is 291 g/mol. The van der Waals surface area contributed by atoms with Gasteiger partial charge in [-0.25, -0.2) is 4.39 Å². The van der Waals surface area contributed by atoms with Gasteiger partial charge in [0.15, 0.2) is 0 Å². The first-order valence-corrected chi connectivity index (χ1v) is 6.61. The number of amides is 1. The van der Waals surface area contributed by atoms with Crippen molar-refractivity contribution < 1.29 is 9.18 Å². The minimum atomic E-state index is -0.547. The number of fused-ring (bicyclic) bond motifs is 1. The Bertz CT molecular complexity index is 660. The Kier molecular flexibility index (Phi) is 3.32. The van der Waals surface area contributed by atoms with E-state index in [1.54, 1.807) is 0 Å². The molecule has 1 unspecified atom stereocenters. The molecule has 102 valence electrons. The molecule has 20 heavy (non-hydrogen) atoms. The van der Waals surface area contributed by atoms with Crippen molar-refractivity contribution in [2.24, 2.45) is 0 Å². The lowest BCUT2D eigenvalue weighted by atomic mass is 10.0. The number of anilines is 2. The topological polar surface area (TPSA) is 41.1 Å². The van der Waals surface area contributed by atoms with Crippen LogP contribution in [0.25, 0.3) is 0 Å². The molecule has 1 aliphatic heterocycles. The zero-order chi connectivity index (χ0) is 14.1. The second kappa shape index (κ2) is 5.13. The van der Waals surface area contributed by atoms with Crippen molar-refractivity contribution in [3.05, 3.63) is 58.9 Å². The van der Waals surface area contributed by atoms with Gasteiger partial charge < -0.3 is 10.6 Å². The number of rotatable bonds is 2. The molecular formula is C15H12ClFN2O. The molecule has 1 heterocycles. The summed E-state index contributed by atoms with van der Waals surface area (Å²) in [6, 6.07) is 12.0. The van der Waals surface area contributed by atoms with Crippen molar-refractivity contribution in [3.8, 4) is 0 Å². The molecule has 5 heteroatoms. The first-order chi connectivity index (χ1) is 9.63. The summed E-state index contributed by atoms with van der Waals surface area (Å²) < 4.78 is 13.4. The van der Waals surface area contributed by atoms with Gasteiger partial charge in [-0.05, 0) is 11.6 Å². The maximum atomic E-state index is 13.4. The predicted octanol–water partition coefficient (Wildman–Crippen LogP) is 3.45. The van der Waals surface area contributed by atoms with E-state index in [2.05, 4.69) is 10.6 Å². The first kappa shape index (κ1) is 12.9. The normalized spacial score (nSPS) is 17.1. The van der Waals surface area contributed by atoms with Crippen molar-refractivity contribution in [1.29, 1.82) is 0 Å². The Hall–Kier alpha value is -2.07. The molecule has 0 saturated heterocycles. The molecule has 0 aliphatic carbocycles. The van der Waals surface area contributed by atoms with Gasteiger partial charge in [0.1, 0.15) is 11.9 Å². The summed E-state index contributed by atoms with van der Waals surface area (Å²) in [6.07, 6.45) is 0.557. The lowest BCUT2D eigenvalue weighted by Crippen LogP contribution is -2.40. The molecule has 0 saturated carbocycles. The van der Waals surface area contributed by atoms with E-state index in [4.69, 9.17) is 11.6 Å². The highest BCUT2D eigenvalue weighted by atomic mass is 35.5. The van der Waals surface area contributed by atoms with Crippen LogP contribution in [0, 0.1) is 5.82 Å². The predicted molar refractivity (Wildman–Crippen MR) is 77.6 cm³/mol. The molecule has 1 aliphatic rings. The maximum Gasteiger partial charge on any atom is 0.247 e. The molecular weight excluding hydrogens is 279 g/mol. The molecule has 1 amide bonds. The third kappa shape index (κ3) is 2.47. The van der Waals surface area contributed by atoms with Gasteiger partial charge in [-0.3, -0.25) is 4.79 Å². The highest BCUT2D eigenvalue weighted by Gasteiger charge is 2.26. The lowest BCUT2D eigenvalue weighted by molar-refractivity contribution is -0.117. The second-order valence-electron chi connectivity index (χ2n) is 4.69. The molecule has 2 N–H and O–H groups in total. The van der Waals surface area contributed by atoms with Gasteiger partial charge in [0, 0.05) is 12.5 Å². The van der Waals surface area contributed by atoms with Crippen molar-refractivity contribution in [3.63, 3.8) is 0 Å². The number of nitrogens with one attached hydrogen (secondary N) is 2. The third-order valence-electron chi connectivity index (χ3n) is 3.25. The Morgan fingerprint density at radius 3 is 2.65 bits per heavy atom. The van der Waals surface area contributed by atoms with Crippen LogP contribution in [-0.4, -0.2) is 11.9 Å². The summed E-state index contributed by atoms with van der Waals surface area (Å²) in [5.41, 5.74) is 2.11. The number of halogens is 2. The second-order valence-corrected chi connectivity index (χ2v) is 5.09. The van der Waals surface area contributed by atoms with E-state index in [0.29, 0.717) is 17.8 Å². The Morgan fingerprint density at radius 2 is 1.90 bits per heavy atom. The van der Waals surface area contributed by atoms with Crippen molar-refractivity contribution >= 4 is 28.9 Å². The Morgan fingerprint density at radius 1 is 1.15 bits per heavy atom. The zero-order valence-corrected chi connectivity index (χ0v) is 11.2. The van der Waals surface area contributed by atoms with Crippen LogP contribution in [0.2, 0.25) is 5.02 Å². The van der Waals surface area contributed by atoms with E-state index < -0.39 is 11.9 Å². The highest BCUT2D eigenvalue weighted by Crippen LogP contribution is 2.32. The van der Waals surface area contributed by atoms with Gasteiger partial charge in [0.05, 0.1) is 16.4 Å². The highest BCUT2D eigenvalue weighted by molar-refractivity contribution is 6.31. The van der Waals surface area contributed by atoms with E-state index in [-0.39, 0.29) is 10.9 Å². The van der Waals surface area contributed by atoms with Crippen LogP contribution in [0.1, 0.15) is 5.56 Å². The number of carbonyl (C=O) groups excluding carboxylic acids is 1. The van der Waals surface area contributed by atoms with Gasteiger partial charge >= 0.3 is 0 Å². The van der Waals surface area contributed by atoms with Gasteiger partial charge in [0.25, 0.3) is 0 Å². The fourth-order valence-electron chi connectivity index (χ4n) is 2.24. The van der Waals surface area contributed by atoms with Crippen LogP contribution in [0.4, 0.5) is 15.8 Å². The van der Waals surface area contributed by atoms with Crippen molar-refractivity contribution in [2.75, 3.05) is 10.6 Å².